The van der Waals surface area contributed by atoms with Gasteiger partial charge in [-0.2, -0.15) is 0 Å². The zero-order chi connectivity index (χ0) is 25.9. The molecular formula is C26H23NO8S. The Hall–Kier alpha value is -4.31. The zero-order valence-corrected chi connectivity index (χ0v) is 20.2. The Morgan fingerprint density at radius 2 is 1.44 bits per heavy atom. The predicted octanol–water partition coefficient (Wildman–Crippen LogP) is 3.94. The lowest BCUT2D eigenvalue weighted by Crippen LogP contribution is -2.17. The van der Waals surface area contributed by atoms with Crippen LogP contribution in [0.25, 0.3) is 0 Å². The molecule has 36 heavy (non-hydrogen) atoms. The zero-order valence-electron chi connectivity index (χ0n) is 19.4. The lowest BCUT2D eigenvalue weighted by Gasteiger charge is -2.08. The van der Waals surface area contributed by atoms with Crippen molar-refractivity contribution in [3.63, 3.8) is 0 Å². The summed E-state index contributed by atoms with van der Waals surface area (Å²) < 4.78 is 15.0. The Morgan fingerprint density at radius 3 is 2.08 bits per heavy atom. The molecule has 186 valence electrons. The second-order valence-electron chi connectivity index (χ2n) is 7.41. The molecule has 0 bridgehead atoms. The van der Waals surface area contributed by atoms with E-state index in [1.54, 1.807) is 41.8 Å². The van der Waals surface area contributed by atoms with Gasteiger partial charge >= 0.3 is 11.9 Å². The van der Waals surface area contributed by atoms with E-state index < -0.39 is 24.5 Å². The lowest BCUT2D eigenvalue weighted by atomic mass is 10.1. The number of amides is 1. The highest BCUT2D eigenvalue weighted by Crippen LogP contribution is 2.14. The molecule has 0 saturated carbocycles. The monoisotopic (exact) mass is 509 g/mol. The van der Waals surface area contributed by atoms with Crippen molar-refractivity contribution in [2.24, 2.45) is 0 Å². The molecular weight excluding hydrogens is 486 g/mol. The molecule has 2 aromatic carbocycles. The number of esters is 2. The van der Waals surface area contributed by atoms with Gasteiger partial charge in [0.15, 0.2) is 19.0 Å². The van der Waals surface area contributed by atoms with E-state index in [1.165, 1.54) is 42.7 Å². The average Bonchev–Trinajstić information content (AvgIpc) is 3.45. The maximum absolute atomic E-state index is 12.2. The molecule has 1 amide bonds. The van der Waals surface area contributed by atoms with Crippen LogP contribution in [0.2, 0.25) is 0 Å². The van der Waals surface area contributed by atoms with Gasteiger partial charge in [-0.05, 0) is 60.0 Å². The number of Topliss-reactive ketones (excluding diaryl/α,β-unsaturated/α-hetero) is 2. The van der Waals surface area contributed by atoms with Crippen LogP contribution in [0, 0.1) is 0 Å². The van der Waals surface area contributed by atoms with Crippen molar-refractivity contribution in [3.05, 3.63) is 82.0 Å². The van der Waals surface area contributed by atoms with Crippen LogP contribution < -0.4 is 10.1 Å². The van der Waals surface area contributed by atoms with Crippen molar-refractivity contribution < 1.29 is 38.2 Å². The van der Waals surface area contributed by atoms with Gasteiger partial charge in [-0.25, -0.2) is 4.79 Å². The van der Waals surface area contributed by atoms with Gasteiger partial charge < -0.3 is 19.5 Å². The minimum Gasteiger partial charge on any atom is -0.497 e. The summed E-state index contributed by atoms with van der Waals surface area (Å²) >= 11 is 1.26. The van der Waals surface area contributed by atoms with E-state index in [4.69, 9.17) is 14.2 Å². The minimum absolute atomic E-state index is 0.136. The van der Waals surface area contributed by atoms with Crippen molar-refractivity contribution in [2.45, 2.75) is 12.8 Å². The second kappa shape index (κ2) is 13.0. The lowest BCUT2D eigenvalue weighted by molar-refractivity contribution is -0.143. The third kappa shape index (κ3) is 7.88. The highest BCUT2D eigenvalue weighted by molar-refractivity contribution is 7.12. The van der Waals surface area contributed by atoms with Gasteiger partial charge in [0.1, 0.15) is 5.75 Å². The van der Waals surface area contributed by atoms with Crippen molar-refractivity contribution in [1.82, 2.24) is 0 Å². The fourth-order valence-corrected chi connectivity index (χ4v) is 3.58. The van der Waals surface area contributed by atoms with Crippen molar-refractivity contribution in [3.8, 4) is 5.75 Å². The molecule has 0 spiro atoms. The summed E-state index contributed by atoms with van der Waals surface area (Å²) in [6.45, 7) is -0.789. The first-order valence-corrected chi connectivity index (χ1v) is 11.7. The summed E-state index contributed by atoms with van der Waals surface area (Å²) in [5.41, 5.74) is 1.00. The van der Waals surface area contributed by atoms with E-state index in [0.29, 0.717) is 21.9 Å². The molecule has 3 rings (SSSR count). The Bertz CT molecular complexity index is 1220. The number of carbonyl (C=O) groups is 5. The fourth-order valence-electron chi connectivity index (χ4n) is 2.93. The Labute approximate surface area is 211 Å². The van der Waals surface area contributed by atoms with Crippen LogP contribution in [0.5, 0.6) is 5.75 Å². The number of hydrogen-bond donors (Lipinski definition) is 1. The molecule has 0 atom stereocenters. The van der Waals surface area contributed by atoms with E-state index >= 15 is 0 Å². The summed E-state index contributed by atoms with van der Waals surface area (Å²) in [7, 11) is 1.52. The predicted molar refractivity (Wildman–Crippen MR) is 132 cm³/mol. The fraction of sp³-hybridized carbons (Fsp3) is 0.192. The quantitative estimate of drug-likeness (QED) is 0.288. The third-order valence-corrected chi connectivity index (χ3v) is 5.78. The van der Waals surface area contributed by atoms with E-state index in [-0.39, 0.29) is 36.6 Å². The summed E-state index contributed by atoms with van der Waals surface area (Å²) in [6, 6.07) is 15.7. The van der Waals surface area contributed by atoms with Crippen molar-refractivity contribution in [2.75, 3.05) is 25.6 Å². The van der Waals surface area contributed by atoms with E-state index in [9.17, 15) is 24.0 Å². The molecule has 1 N–H and O–H groups in total. The maximum atomic E-state index is 12.2. The SMILES string of the molecule is COc1ccc(C(=O)COC(=O)c2ccc(NC(=O)CCC(=O)OCC(=O)c3cccs3)cc2)cc1. The molecule has 0 aliphatic carbocycles. The third-order valence-electron chi connectivity index (χ3n) is 4.87. The van der Waals surface area contributed by atoms with Crippen molar-refractivity contribution >= 4 is 46.4 Å². The number of nitrogens with one attached hydrogen (secondary N) is 1. The summed E-state index contributed by atoms with van der Waals surface area (Å²) in [5, 5.41) is 4.35. The van der Waals surface area contributed by atoms with Crippen LogP contribution in [0.4, 0.5) is 5.69 Å². The topological polar surface area (TPSA) is 125 Å². The molecule has 9 nitrogen and oxygen atoms in total. The molecule has 0 aliphatic rings. The van der Waals surface area contributed by atoms with Crippen LogP contribution in [-0.4, -0.2) is 49.7 Å². The molecule has 1 aromatic heterocycles. The Balaban J connectivity index is 1.38. The van der Waals surface area contributed by atoms with E-state index in [1.807, 2.05) is 0 Å². The maximum Gasteiger partial charge on any atom is 0.338 e. The molecule has 0 fully saturated rings. The molecule has 0 radical (unpaired) electrons. The summed E-state index contributed by atoms with van der Waals surface area (Å²) in [4.78, 5) is 60.6. The number of ether oxygens (including phenoxy) is 3. The second-order valence-corrected chi connectivity index (χ2v) is 8.36. The molecule has 0 aliphatic heterocycles. The first kappa shape index (κ1) is 26.3. The first-order chi connectivity index (χ1) is 17.4. The van der Waals surface area contributed by atoms with Crippen molar-refractivity contribution in [1.29, 1.82) is 0 Å². The molecule has 10 heteroatoms. The van der Waals surface area contributed by atoms with E-state index in [2.05, 4.69) is 5.32 Å². The Kier molecular flexibility index (Phi) is 9.47. The number of ketones is 2. The number of benzene rings is 2. The van der Waals surface area contributed by atoms with Gasteiger partial charge in [-0.15, -0.1) is 11.3 Å². The number of hydrogen-bond acceptors (Lipinski definition) is 9. The van der Waals surface area contributed by atoms with Crippen LogP contribution in [0.15, 0.2) is 66.0 Å². The Morgan fingerprint density at radius 1 is 0.778 bits per heavy atom. The van der Waals surface area contributed by atoms with Gasteiger partial charge in [-0.1, -0.05) is 6.07 Å². The summed E-state index contributed by atoms with van der Waals surface area (Å²) in [5.74, 6) is -1.82. The standard InChI is InChI=1S/C26H23NO8S/c1-33-20-10-6-17(7-11-20)21(28)15-35-26(32)18-4-8-19(9-5-18)27-24(30)12-13-25(31)34-16-22(29)23-3-2-14-36-23/h2-11,14H,12-13,15-16H2,1H3,(H,27,30). The van der Waals surface area contributed by atoms with Crippen LogP contribution in [0.3, 0.4) is 0 Å². The number of methoxy groups -OCH3 is 1. The normalized spacial score (nSPS) is 10.2. The van der Waals surface area contributed by atoms with Gasteiger partial charge in [-0.3, -0.25) is 19.2 Å². The van der Waals surface area contributed by atoms with Gasteiger partial charge in [0, 0.05) is 17.7 Å². The molecule has 0 saturated heterocycles. The largest absolute Gasteiger partial charge is 0.497 e. The average molecular weight is 510 g/mol. The summed E-state index contributed by atoms with van der Waals surface area (Å²) in [6.07, 6.45) is -0.320. The number of anilines is 1. The minimum atomic E-state index is -0.686. The number of thiophene rings is 1. The number of rotatable bonds is 12. The van der Waals surface area contributed by atoms with Crippen LogP contribution >= 0.6 is 11.3 Å². The molecule has 3 aromatic rings. The smallest absolute Gasteiger partial charge is 0.338 e. The molecule has 0 unspecified atom stereocenters. The van der Waals surface area contributed by atoms with Crippen LogP contribution in [0.1, 0.15) is 43.2 Å². The first-order valence-electron chi connectivity index (χ1n) is 10.8. The van der Waals surface area contributed by atoms with Gasteiger partial charge in [0.05, 0.1) is 24.0 Å². The van der Waals surface area contributed by atoms with E-state index in [0.717, 1.165) is 0 Å². The highest BCUT2D eigenvalue weighted by Gasteiger charge is 2.14. The van der Waals surface area contributed by atoms with Gasteiger partial charge in [0.2, 0.25) is 11.7 Å². The highest BCUT2D eigenvalue weighted by atomic mass is 32.1. The molecule has 1 heterocycles. The van der Waals surface area contributed by atoms with Crippen LogP contribution in [-0.2, 0) is 19.1 Å². The van der Waals surface area contributed by atoms with Gasteiger partial charge in [0.25, 0.3) is 0 Å². The number of carbonyl (C=O) groups excluding carboxylic acids is 5.